The Kier molecular flexibility index (Phi) is 5.01. The number of carbonyl (C=O) groups is 1. The minimum atomic E-state index is 0.106. The molecule has 1 aromatic carbocycles. The van der Waals surface area contributed by atoms with Gasteiger partial charge in [-0.25, -0.2) is 0 Å². The number of nitrogens with zero attached hydrogens (tertiary/aromatic N) is 1. The number of carbonyl (C=O) groups excluding carboxylic acids is 1. The predicted molar refractivity (Wildman–Crippen MR) is 80.1 cm³/mol. The van der Waals surface area contributed by atoms with Crippen LogP contribution in [-0.2, 0) is 0 Å². The lowest BCUT2D eigenvalue weighted by molar-refractivity contribution is 0.0655. The second-order valence-corrected chi connectivity index (χ2v) is 5.78. The van der Waals surface area contributed by atoms with E-state index < -0.39 is 0 Å². The van der Waals surface area contributed by atoms with Gasteiger partial charge in [0, 0.05) is 31.2 Å². The molecule has 1 amide bonds. The van der Waals surface area contributed by atoms with Crippen LogP contribution in [-0.4, -0.2) is 43.1 Å². The van der Waals surface area contributed by atoms with Crippen LogP contribution < -0.4 is 10.1 Å². The second-order valence-electron chi connectivity index (χ2n) is 5.78. The SMILES string of the molecule is CC(C)COc1ccc(C(=O)N2CCNC[C@@H]2C)cc1. The van der Waals surface area contributed by atoms with Crippen LogP contribution in [0.1, 0.15) is 31.1 Å². The van der Waals surface area contributed by atoms with Crippen molar-refractivity contribution in [3.63, 3.8) is 0 Å². The van der Waals surface area contributed by atoms with E-state index >= 15 is 0 Å². The number of amides is 1. The molecule has 1 aromatic rings. The number of benzene rings is 1. The Bertz CT molecular complexity index is 442. The number of rotatable bonds is 4. The van der Waals surface area contributed by atoms with Crippen molar-refractivity contribution < 1.29 is 9.53 Å². The van der Waals surface area contributed by atoms with Crippen molar-refractivity contribution >= 4 is 5.91 Å². The molecule has 1 aliphatic heterocycles. The quantitative estimate of drug-likeness (QED) is 0.916. The van der Waals surface area contributed by atoms with E-state index in [0.717, 1.165) is 30.9 Å². The average Bonchev–Trinajstić information content (AvgIpc) is 2.45. The summed E-state index contributed by atoms with van der Waals surface area (Å²) in [6.45, 7) is 9.50. The van der Waals surface area contributed by atoms with Crippen molar-refractivity contribution in [1.29, 1.82) is 0 Å². The molecule has 20 heavy (non-hydrogen) atoms. The maximum atomic E-state index is 12.4. The molecule has 4 heteroatoms. The predicted octanol–water partition coefficient (Wildman–Crippen LogP) is 2.16. The van der Waals surface area contributed by atoms with Crippen LogP contribution >= 0.6 is 0 Å². The van der Waals surface area contributed by atoms with E-state index in [1.54, 1.807) is 0 Å². The molecule has 0 bridgehead atoms. The van der Waals surface area contributed by atoms with E-state index in [1.165, 1.54) is 0 Å². The summed E-state index contributed by atoms with van der Waals surface area (Å²) < 4.78 is 5.63. The third-order valence-corrected chi connectivity index (χ3v) is 3.45. The van der Waals surface area contributed by atoms with Gasteiger partial charge in [0.2, 0.25) is 0 Å². The van der Waals surface area contributed by atoms with Crippen molar-refractivity contribution in [3.05, 3.63) is 29.8 Å². The van der Waals surface area contributed by atoms with Gasteiger partial charge in [0.25, 0.3) is 5.91 Å². The van der Waals surface area contributed by atoms with Crippen LogP contribution in [0.25, 0.3) is 0 Å². The fraction of sp³-hybridized carbons (Fsp3) is 0.562. The van der Waals surface area contributed by atoms with Gasteiger partial charge in [0.1, 0.15) is 5.75 Å². The molecule has 110 valence electrons. The molecule has 0 aliphatic carbocycles. The summed E-state index contributed by atoms with van der Waals surface area (Å²) in [5.41, 5.74) is 0.732. The number of nitrogens with one attached hydrogen (secondary N) is 1. The molecule has 0 unspecified atom stereocenters. The third kappa shape index (κ3) is 3.73. The van der Waals surface area contributed by atoms with Crippen LogP contribution in [0.3, 0.4) is 0 Å². The highest BCUT2D eigenvalue weighted by Gasteiger charge is 2.23. The maximum absolute atomic E-state index is 12.4. The van der Waals surface area contributed by atoms with Crippen molar-refractivity contribution in [1.82, 2.24) is 10.2 Å². The third-order valence-electron chi connectivity index (χ3n) is 3.45. The summed E-state index contributed by atoms with van der Waals surface area (Å²) in [6, 6.07) is 7.71. The molecule has 1 saturated heterocycles. The Hall–Kier alpha value is -1.55. The normalized spacial score (nSPS) is 19.2. The Morgan fingerprint density at radius 2 is 2.10 bits per heavy atom. The second kappa shape index (κ2) is 6.75. The van der Waals surface area contributed by atoms with Gasteiger partial charge in [-0.3, -0.25) is 4.79 Å². The van der Waals surface area contributed by atoms with E-state index in [9.17, 15) is 4.79 Å². The van der Waals surface area contributed by atoms with Crippen LogP contribution in [0.4, 0.5) is 0 Å². The summed E-state index contributed by atoms with van der Waals surface area (Å²) in [5.74, 6) is 1.43. The number of hydrogen-bond donors (Lipinski definition) is 1. The summed E-state index contributed by atoms with van der Waals surface area (Å²) in [6.07, 6.45) is 0. The first kappa shape index (κ1) is 14.9. The number of hydrogen-bond acceptors (Lipinski definition) is 3. The highest BCUT2D eigenvalue weighted by Crippen LogP contribution is 2.16. The fourth-order valence-corrected chi connectivity index (χ4v) is 2.27. The highest BCUT2D eigenvalue weighted by atomic mass is 16.5. The van der Waals surface area contributed by atoms with Gasteiger partial charge in [0.15, 0.2) is 0 Å². The van der Waals surface area contributed by atoms with E-state index in [1.807, 2.05) is 29.2 Å². The molecule has 0 aromatic heterocycles. The Morgan fingerprint density at radius 3 is 2.70 bits per heavy atom. The van der Waals surface area contributed by atoms with Crippen molar-refractivity contribution in [2.24, 2.45) is 5.92 Å². The number of ether oxygens (including phenoxy) is 1. The van der Waals surface area contributed by atoms with E-state index in [4.69, 9.17) is 4.74 Å². The Labute approximate surface area is 121 Å². The molecular formula is C16H24N2O2. The van der Waals surface area contributed by atoms with Crippen molar-refractivity contribution in [3.8, 4) is 5.75 Å². The van der Waals surface area contributed by atoms with Gasteiger partial charge >= 0.3 is 0 Å². The fourth-order valence-electron chi connectivity index (χ4n) is 2.27. The van der Waals surface area contributed by atoms with Gasteiger partial charge in [-0.05, 0) is 37.1 Å². The first-order valence-corrected chi connectivity index (χ1v) is 7.32. The topological polar surface area (TPSA) is 41.6 Å². The molecule has 0 spiro atoms. The molecule has 0 saturated carbocycles. The summed E-state index contributed by atoms with van der Waals surface area (Å²) >= 11 is 0. The first-order valence-electron chi connectivity index (χ1n) is 7.32. The van der Waals surface area contributed by atoms with E-state index in [0.29, 0.717) is 12.5 Å². The molecule has 1 aliphatic rings. The Balaban J connectivity index is 2.00. The molecular weight excluding hydrogens is 252 g/mol. The molecule has 1 fully saturated rings. The summed E-state index contributed by atoms with van der Waals surface area (Å²) in [7, 11) is 0. The lowest BCUT2D eigenvalue weighted by Crippen LogP contribution is -2.52. The average molecular weight is 276 g/mol. The maximum Gasteiger partial charge on any atom is 0.254 e. The molecule has 1 N–H and O–H groups in total. The van der Waals surface area contributed by atoms with Gasteiger partial charge < -0.3 is 15.0 Å². The van der Waals surface area contributed by atoms with Gasteiger partial charge in [-0.1, -0.05) is 13.8 Å². The molecule has 2 rings (SSSR count). The van der Waals surface area contributed by atoms with E-state index in [-0.39, 0.29) is 11.9 Å². The molecule has 1 heterocycles. The number of piperazine rings is 1. The molecule has 0 radical (unpaired) electrons. The molecule has 1 atom stereocenters. The minimum Gasteiger partial charge on any atom is -0.493 e. The standard InChI is InChI=1S/C16H24N2O2/c1-12(2)11-20-15-6-4-14(5-7-15)16(19)18-9-8-17-10-13(18)3/h4-7,12-13,17H,8-11H2,1-3H3/t13-/m0/s1. The largest absolute Gasteiger partial charge is 0.493 e. The monoisotopic (exact) mass is 276 g/mol. The zero-order valence-electron chi connectivity index (χ0n) is 12.6. The van der Waals surface area contributed by atoms with Crippen LogP contribution in [0, 0.1) is 5.92 Å². The summed E-state index contributed by atoms with van der Waals surface area (Å²) in [5, 5.41) is 3.29. The van der Waals surface area contributed by atoms with Gasteiger partial charge in [-0.15, -0.1) is 0 Å². The highest BCUT2D eigenvalue weighted by molar-refractivity contribution is 5.94. The first-order chi connectivity index (χ1) is 9.58. The van der Waals surface area contributed by atoms with Crippen molar-refractivity contribution in [2.45, 2.75) is 26.8 Å². The van der Waals surface area contributed by atoms with Crippen molar-refractivity contribution in [2.75, 3.05) is 26.2 Å². The Morgan fingerprint density at radius 1 is 1.40 bits per heavy atom. The summed E-state index contributed by atoms with van der Waals surface area (Å²) in [4.78, 5) is 14.4. The minimum absolute atomic E-state index is 0.106. The van der Waals surface area contributed by atoms with Crippen LogP contribution in [0.15, 0.2) is 24.3 Å². The van der Waals surface area contributed by atoms with E-state index in [2.05, 4.69) is 26.1 Å². The molecule has 4 nitrogen and oxygen atoms in total. The van der Waals surface area contributed by atoms with Crippen LogP contribution in [0.2, 0.25) is 0 Å². The lowest BCUT2D eigenvalue weighted by Gasteiger charge is -2.34. The van der Waals surface area contributed by atoms with Gasteiger partial charge in [-0.2, -0.15) is 0 Å². The zero-order chi connectivity index (χ0) is 14.5. The lowest BCUT2D eigenvalue weighted by atomic mass is 10.1. The zero-order valence-corrected chi connectivity index (χ0v) is 12.6. The smallest absolute Gasteiger partial charge is 0.254 e. The van der Waals surface area contributed by atoms with Crippen LogP contribution in [0.5, 0.6) is 5.75 Å². The van der Waals surface area contributed by atoms with Gasteiger partial charge in [0.05, 0.1) is 6.61 Å².